The summed E-state index contributed by atoms with van der Waals surface area (Å²) in [5.74, 6) is -1.87. The first-order valence-corrected chi connectivity index (χ1v) is 7.40. The first-order chi connectivity index (χ1) is 9.34. The number of hydrogen-bond acceptors (Lipinski definition) is 5. The van der Waals surface area contributed by atoms with Crippen LogP contribution in [0.1, 0.15) is 23.2 Å². The molecule has 20 heavy (non-hydrogen) atoms. The quantitative estimate of drug-likeness (QED) is 0.729. The lowest BCUT2D eigenvalue weighted by atomic mass is 10.2. The molecule has 0 aromatic heterocycles. The normalized spacial score (nSPS) is 10.8. The molecule has 0 aliphatic carbocycles. The summed E-state index contributed by atoms with van der Waals surface area (Å²) in [6.45, 7) is 0. The first kappa shape index (κ1) is 16.0. The second-order valence-electron chi connectivity index (χ2n) is 3.99. The van der Waals surface area contributed by atoms with E-state index in [1.54, 1.807) is 0 Å². The second-order valence-corrected chi connectivity index (χ2v) is 5.83. The van der Waals surface area contributed by atoms with E-state index in [-0.39, 0.29) is 29.8 Å². The summed E-state index contributed by atoms with van der Waals surface area (Å²) in [5.41, 5.74) is 0.155. The number of carboxylic acids is 1. The highest BCUT2D eigenvalue weighted by molar-refractivity contribution is 7.92. The minimum Gasteiger partial charge on any atom is -0.478 e. The number of ether oxygens (including phenoxy) is 1. The van der Waals surface area contributed by atoms with Crippen molar-refractivity contribution in [3.05, 3.63) is 29.8 Å². The minimum atomic E-state index is -3.63. The minimum absolute atomic E-state index is 0.00652. The second kappa shape index (κ2) is 6.90. The van der Waals surface area contributed by atoms with Crippen molar-refractivity contribution in [1.82, 2.24) is 0 Å². The number of rotatable bonds is 7. The van der Waals surface area contributed by atoms with Gasteiger partial charge in [-0.1, -0.05) is 6.07 Å². The molecular weight excluding hydrogens is 286 g/mol. The van der Waals surface area contributed by atoms with Crippen LogP contribution < -0.4 is 4.72 Å². The number of carbonyl (C=O) groups is 2. The lowest BCUT2D eigenvalue weighted by Crippen LogP contribution is -2.18. The highest BCUT2D eigenvalue weighted by atomic mass is 32.2. The van der Waals surface area contributed by atoms with E-state index >= 15 is 0 Å². The zero-order chi connectivity index (χ0) is 15.2. The van der Waals surface area contributed by atoms with Gasteiger partial charge >= 0.3 is 11.9 Å². The van der Waals surface area contributed by atoms with Crippen molar-refractivity contribution >= 4 is 27.6 Å². The highest BCUT2D eigenvalue weighted by Gasteiger charge is 2.13. The van der Waals surface area contributed by atoms with Gasteiger partial charge < -0.3 is 9.84 Å². The van der Waals surface area contributed by atoms with E-state index in [1.807, 2.05) is 0 Å². The van der Waals surface area contributed by atoms with Crippen LogP contribution in [0.4, 0.5) is 5.69 Å². The maximum atomic E-state index is 11.7. The first-order valence-electron chi connectivity index (χ1n) is 5.75. The van der Waals surface area contributed by atoms with Gasteiger partial charge in [-0.05, 0) is 24.6 Å². The topological polar surface area (TPSA) is 110 Å². The smallest absolute Gasteiger partial charge is 0.335 e. The van der Waals surface area contributed by atoms with Crippen molar-refractivity contribution in [2.75, 3.05) is 17.6 Å². The molecule has 0 fully saturated rings. The number of aromatic carboxylic acids is 1. The van der Waals surface area contributed by atoms with E-state index < -0.39 is 22.0 Å². The average molecular weight is 301 g/mol. The Morgan fingerprint density at radius 2 is 2.05 bits per heavy atom. The van der Waals surface area contributed by atoms with Crippen LogP contribution in [0.15, 0.2) is 24.3 Å². The maximum Gasteiger partial charge on any atom is 0.335 e. The molecule has 0 bridgehead atoms. The van der Waals surface area contributed by atoms with E-state index in [2.05, 4.69) is 9.46 Å². The van der Waals surface area contributed by atoms with Crippen molar-refractivity contribution in [3.8, 4) is 0 Å². The average Bonchev–Trinajstić information content (AvgIpc) is 2.37. The SMILES string of the molecule is COC(=O)CCCS(=O)(=O)Nc1cccc(C(=O)O)c1. The number of methoxy groups -OCH3 is 1. The Labute approximate surface area is 116 Å². The number of esters is 1. The van der Waals surface area contributed by atoms with Gasteiger partial charge in [-0.25, -0.2) is 13.2 Å². The molecule has 0 saturated heterocycles. The summed E-state index contributed by atoms with van der Waals surface area (Å²) >= 11 is 0. The number of nitrogens with one attached hydrogen (secondary N) is 1. The van der Waals surface area contributed by atoms with Gasteiger partial charge in [-0.3, -0.25) is 9.52 Å². The van der Waals surface area contributed by atoms with Crippen LogP contribution in [0.25, 0.3) is 0 Å². The molecule has 1 rings (SSSR count). The number of sulfonamides is 1. The Morgan fingerprint density at radius 3 is 2.65 bits per heavy atom. The largest absolute Gasteiger partial charge is 0.478 e. The Bertz CT molecular complexity index is 596. The molecule has 0 amide bonds. The van der Waals surface area contributed by atoms with Crippen LogP contribution in [0.2, 0.25) is 0 Å². The summed E-state index contributed by atoms with van der Waals surface area (Å²) < 4.78 is 30.1. The lowest BCUT2D eigenvalue weighted by molar-refractivity contribution is -0.140. The van der Waals surface area contributed by atoms with E-state index in [4.69, 9.17) is 5.11 Å². The molecule has 0 aliphatic rings. The Balaban J connectivity index is 2.64. The van der Waals surface area contributed by atoms with E-state index in [9.17, 15) is 18.0 Å². The molecule has 0 radical (unpaired) electrons. The fraction of sp³-hybridized carbons (Fsp3) is 0.333. The van der Waals surface area contributed by atoms with Gasteiger partial charge in [0.2, 0.25) is 10.0 Å². The molecule has 0 atom stereocenters. The van der Waals surface area contributed by atoms with Gasteiger partial charge in [-0.2, -0.15) is 0 Å². The summed E-state index contributed by atoms with van der Waals surface area (Å²) in [6.07, 6.45) is 0.132. The molecule has 0 heterocycles. The molecule has 0 saturated carbocycles. The standard InChI is InChI=1S/C12H15NO6S/c1-19-11(14)6-3-7-20(17,18)13-10-5-2-4-9(8-10)12(15)16/h2,4-5,8,13H,3,6-7H2,1H3,(H,15,16). The molecule has 0 unspecified atom stereocenters. The number of benzene rings is 1. The maximum absolute atomic E-state index is 11.7. The van der Waals surface area contributed by atoms with Gasteiger partial charge in [0.1, 0.15) is 0 Å². The van der Waals surface area contributed by atoms with Crippen molar-refractivity contribution < 1.29 is 27.9 Å². The molecule has 1 aromatic rings. The molecule has 110 valence electrons. The van der Waals surface area contributed by atoms with Crippen LogP contribution in [-0.2, 0) is 19.6 Å². The Hall–Kier alpha value is -2.09. The molecular formula is C12H15NO6S. The molecule has 7 nitrogen and oxygen atoms in total. The number of carbonyl (C=O) groups excluding carboxylic acids is 1. The third-order valence-electron chi connectivity index (χ3n) is 2.40. The Kier molecular flexibility index (Phi) is 5.51. The molecule has 0 aliphatic heterocycles. The summed E-state index contributed by atoms with van der Waals surface area (Å²) in [7, 11) is -2.40. The van der Waals surface area contributed by atoms with E-state index in [0.717, 1.165) is 0 Å². The van der Waals surface area contributed by atoms with Crippen molar-refractivity contribution in [3.63, 3.8) is 0 Å². The molecule has 2 N–H and O–H groups in total. The fourth-order valence-electron chi connectivity index (χ4n) is 1.45. The summed E-state index contributed by atoms with van der Waals surface area (Å²) in [4.78, 5) is 21.6. The van der Waals surface area contributed by atoms with Gasteiger partial charge in [0.25, 0.3) is 0 Å². The summed E-state index contributed by atoms with van der Waals surface area (Å²) in [6, 6.07) is 5.47. The molecule has 1 aromatic carbocycles. The zero-order valence-electron chi connectivity index (χ0n) is 10.8. The van der Waals surface area contributed by atoms with Crippen LogP contribution in [-0.4, -0.2) is 38.3 Å². The fourth-order valence-corrected chi connectivity index (χ4v) is 2.57. The molecule has 8 heteroatoms. The van der Waals surface area contributed by atoms with Crippen molar-refractivity contribution in [2.24, 2.45) is 0 Å². The van der Waals surface area contributed by atoms with E-state index in [0.29, 0.717) is 0 Å². The number of carboxylic acid groups (broad SMARTS) is 1. The summed E-state index contributed by atoms with van der Waals surface area (Å²) in [5, 5.41) is 8.81. The lowest BCUT2D eigenvalue weighted by Gasteiger charge is -2.08. The van der Waals surface area contributed by atoms with Crippen LogP contribution in [0.5, 0.6) is 0 Å². The van der Waals surface area contributed by atoms with Crippen LogP contribution >= 0.6 is 0 Å². The van der Waals surface area contributed by atoms with Gasteiger partial charge in [-0.15, -0.1) is 0 Å². The predicted octanol–water partition coefficient (Wildman–Crippen LogP) is 1.08. The zero-order valence-corrected chi connectivity index (χ0v) is 11.6. The third-order valence-corrected chi connectivity index (χ3v) is 3.78. The van der Waals surface area contributed by atoms with Gasteiger partial charge in [0.05, 0.1) is 18.4 Å². The molecule has 0 spiro atoms. The van der Waals surface area contributed by atoms with Crippen LogP contribution in [0.3, 0.4) is 0 Å². The number of hydrogen-bond donors (Lipinski definition) is 2. The van der Waals surface area contributed by atoms with Gasteiger partial charge in [0.15, 0.2) is 0 Å². The van der Waals surface area contributed by atoms with Crippen LogP contribution in [0, 0.1) is 0 Å². The van der Waals surface area contributed by atoms with Crippen molar-refractivity contribution in [2.45, 2.75) is 12.8 Å². The third kappa shape index (κ3) is 5.27. The number of anilines is 1. The van der Waals surface area contributed by atoms with E-state index in [1.165, 1.54) is 31.4 Å². The van der Waals surface area contributed by atoms with Crippen molar-refractivity contribution in [1.29, 1.82) is 0 Å². The van der Waals surface area contributed by atoms with Gasteiger partial charge in [0, 0.05) is 12.1 Å². The predicted molar refractivity (Wildman–Crippen MR) is 72.1 cm³/mol. The monoisotopic (exact) mass is 301 g/mol. The Morgan fingerprint density at radius 1 is 1.35 bits per heavy atom. The highest BCUT2D eigenvalue weighted by Crippen LogP contribution is 2.13.